The number of rotatable bonds is 11. The van der Waals surface area contributed by atoms with Crippen LogP contribution in [0, 0.1) is 0 Å². The van der Waals surface area contributed by atoms with Crippen LogP contribution in [-0.4, -0.2) is 49.7 Å². The average Bonchev–Trinajstić information content (AvgIpc) is 3.01. The third-order valence-corrected chi connectivity index (χ3v) is 4.69. The van der Waals surface area contributed by atoms with Gasteiger partial charge >= 0.3 is 0 Å². The standard InChI is InChI=1S/C18H34N2O2/c1-5-8-9-10-15-22-16-13-19-20-14-11-12-17(20)18(6-2,7-3)21-4/h9-10,13,17H,5-8,11-12,14-16H2,1-4H3/b10-9+,19-13+/t17-/m0/s1. The zero-order valence-electron chi connectivity index (χ0n) is 14.9. The highest BCUT2D eigenvalue weighted by molar-refractivity contribution is 5.58. The molecule has 0 bridgehead atoms. The van der Waals surface area contributed by atoms with E-state index in [1.54, 1.807) is 0 Å². The van der Waals surface area contributed by atoms with Crippen LogP contribution in [0.3, 0.4) is 0 Å². The first kappa shape index (κ1) is 19.2. The van der Waals surface area contributed by atoms with Gasteiger partial charge in [0.05, 0.1) is 31.1 Å². The quantitative estimate of drug-likeness (QED) is 0.328. The summed E-state index contributed by atoms with van der Waals surface area (Å²) in [5, 5.41) is 6.83. The Morgan fingerprint density at radius 1 is 1.18 bits per heavy atom. The second-order valence-corrected chi connectivity index (χ2v) is 5.89. The summed E-state index contributed by atoms with van der Waals surface area (Å²) in [5.74, 6) is 0. The minimum absolute atomic E-state index is 0.0718. The van der Waals surface area contributed by atoms with Gasteiger partial charge < -0.3 is 9.47 Å². The zero-order valence-corrected chi connectivity index (χ0v) is 14.9. The van der Waals surface area contributed by atoms with Gasteiger partial charge in [-0.05, 0) is 32.1 Å². The molecule has 4 nitrogen and oxygen atoms in total. The molecule has 1 heterocycles. The number of unbranched alkanes of at least 4 members (excludes halogenated alkanes) is 1. The van der Waals surface area contributed by atoms with Gasteiger partial charge in [0.25, 0.3) is 0 Å². The second-order valence-electron chi connectivity index (χ2n) is 5.89. The predicted molar refractivity (Wildman–Crippen MR) is 93.4 cm³/mol. The van der Waals surface area contributed by atoms with Crippen LogP contribution in [-0.2, 0) is 9.47 Å². The lowest BCUT2D eigenvalue weighted by Crippen LogP contribution is -2.48. The summed E-state index contributed by atoms with van der Waals surface area (Å²) in [7, 11) is 1.83. The van der Waals surface area contributed by atoms with E-state index in [0.717, 1.165) is 32.2 Å². The van der Waals surface area contributed by atoms with E-state index in [1.165, 1.54) is 12.8 Å². The Labute approximate surface area is 136 Å². The Morgan fingerprint density at radius 3 is 2.59 bits per heavy atom. The van der Waals surface area contributed by atoms with E-state index < -0.39 is 0 Å². The van der Waals surface area contributed by atoms with Crippen LogP contribution < -0.4 is 0 Å². The zero-order chi connectivity index (χ0) is 16.3. The number of hydrazone groups is 1. The third kappa shape index (κ3) is 5.40. The Bertz CT molecular complexity index is 330. The summed E-state index contributed by atoms with van der Waals surface area (Å²) in [6.07, 6.45) is 12.8. The molecule has 0 N–H and O–H groups in total. The Kier molecular flexibility index (Phi) is 9.41. The van der Waals surface area contributed by atoms with E-state index in [1.807, 2.05) is 13.3 Å². The van der Waals surface area contributed by atoms with Crippen molar-refractivity contribution >= 4 is 6.21 Å². The Balaban J connectivity index is 2.42. The number of ether oxygens (including phenoxy) is 2. The lowest BCUT2D eigenvalue weighted by molar-refractivity contribution is -0.0731. The van der Waals surface area contributed by atoms with Gasteiger partial charge in [-0.25, -0.2) is 0 Å². The minimum atomic E-state index is -0.0718. The van der Waals surface area contributed by atoms with Crippen molar-refractivity contribution in [2.45, 2.75) is 70.9 Å². The largest absolute Gasteiger partial charge is 0.376 e. The van der Waals surface area contributed by atoms with Crippen molar-refractivity contribution in [3.05, 3.63) is 12.2 Å². The molecule has 0 unspecified atom stereocenters. The molecule has 0 aromatic heterocycles. The summed E-state index contributed by atoms with van der Waals surface area (Å²) in [6, 6.07) is 0.383. The molecule has 1 rings (SSSR count). The molecule has 1 aliphatic rings. The van der Waals surface area contributed by atoms with Crippen LogP contribution in [0.5, 0.6) is 0 Å². The highest BCUT2D eigenvalue weighted by Crippen LogP contribution is 2.34. The average molecular weight is 310 g/mol. The molecule has 4 heteroatoms. The fourth-order valence-electron chi connectivity index (χ4n) is 3.25. The lowest BCUT2D eigenvalue weighted by Gasteiger charge is -2.39. The van der Waals surface area contributed by atoms with Crippen LogP contribution in [0.15, 0.2) is 17.3 Å². The van der Waals surface area contributed by atoms with Crippen molar-refractivity contribution < 1.29 is 9.47 Å². The molecule has 0 aliphatic carbocycles. The summed E-state index contributed by atoms with van der Waals surface area (Å²) in [4.78, 5) is 0. The molecule has 1 saturated heterocycles. The number of hydrogen-bond acceptors (Lipinski definition) is 4. The maximum atomic E-state index is 5.88. The molecule has 0 aromatic rings. The van der Waals surface area contributed by atoms with Crippen molar-refractivity contribution in [2.75, 3.05) is 26.9 Å². The van der Waals surface area contributed by atoms with Crippen LogP contribution in [0.2, 0.25) is 0 Å². The first-order valence-electron chi connectivity index (χ1n) is 8.81. The van der Waals surface area contributed by atoms with Crippen LogP contribution in [0.4, 0.5) is 0 Å². The third-order valence-electron chi connectivity index (χ3n) is 4.69. The second kappa shape index (κ2) is 10.8. The topological polar surface area (TPSA) is 34.1 Å². The van der Waals surface area contributed by atoms with Crippen molar-refractivity contribution in [1.29, 1.82) is 0 Å². The molecule has 0 spiro atoms. The molecular formula is C18H34N2O2. The fourth-order valence-corrected chi connectivity index (χ4v) is 3.25. The van der Waals surface area contributed by atoms with Gasteiger partial charge in [0, 0.05) is 13.7 Å². The summed E-state index contributed by atoms with van der Waals surface area (Å²) in [6.45, 7) is 8.84. The molecule has 22 heavy (non-hydrogen) atoms. The molecular weight excluding hydrogens is 276 g/mol. The SMILES string of the molecule is CCC/C=C/COC/C=N/N1CCC[C@H]1C(CC)(CC)OC. The molecule has 1 fully saturated rings. The van der Waals surface area contributed by atoms with Crippen molar-refractivity contribution in [2.24, 2.45) is 5.10 Å². The van der Waals surface area contributed by atoms with E-state index >= 15 is 0 Å². The van der Waals surface area contributed by atoms with Gasteiger partial charge in [-0.1, -0.05) is 39.3 Å². The van der Waals surface area contributed by atoms with Gasteiger partial charge in [0.1, 0.15) is 0 Å². The fraction of sp³-hybridized carbons (Fsp3) is 0.833. The minimum Gasteiger partial charge on any atom is -0.376 e. The van der Waals surface area contributed by atoms with E-state index in [4.69, 9.17) is 9.47 Å². The highest BCUT2D eigenvalue weighted by Gasteiger charge is 2.41. The molecule has 0 amide bonds. The van der Waals surface area contributed by atoms with E-state index in [0.29, 0.717) is 19.3 Å². The van der Waals surface area contributed by atoms with Gasteiger partial charge in [0.15, 0.2) is 0 Å². The van der Waals surface area contributed by atoms with Crippen molar-refractivity contribution in [3.8, 4) is 0 Å². The van der Waals surface area contributed by atoms with Crippen molar-refractivity contribution in [1.82, 2.24) is 5.01 Å². The molecule has 0 saturated carbocycles. The number of hydrogen-bond donors (Lipinski definition) is 0. The predicted octanol–water partition coefficient (Wildman–Crippen LogP) is 4.01. The molecule has 0 aromatic carbocycles. The number of allylic oxidation sites excluding steroid dienone is 1. The van der Waals surface area contributed by atoms with Crippen molar-refractivity contribution in [3.63, 3.8) is 0 Å². The number of nitrogens with zero attached hydrogens (tertiary/aromatic N) is 2. The van der Waals surface area contributed by atoms with Gasteiger partial charge in [-0.3, -0.25) is 5.01 Å². The molecule has 1 aliphatic heterocycles. The molecule has 0 radical (unpaired) electrons. The molecule has 128 valence electrons. The summed E-state index contributed by atoms with van der Waals surface area (Å²) < 4.78 is 11.4. The van der Waals surface area contributed by atoms with Gasteiger partial charge in [-0.15, -0.1) is 0 Å². The summed E-state index contributed by atoms with van der Waals surface area (Å²) >= 11 is 0. The van der Waals surface area contributed by atoms with E-state index in [-0.39, 0.29) is 5.60 Å². The van der Waals surface area contributed by atoms with E-state index in [2.05, 4.69) is 43.0 Å². The van der Waals surface area contributed by atoms with E-state index in [9.17, 15) is 0 Å². The van der Waals surface area contributed by atoms with Crippen LogP contribution >= 0.6 is 0 Å². The highest BCUT2D eigenvalue weighted by atomic mass is 16.5. The number of methoxy groups -OCH3 is 1. The lowest BCUT2D eigenvalue weighted by atomic mass is 9.87. The first-order chi connectivity index (χ1) is 10.7. The van der Waals surface area contributed by atoms with Crippen LogP contribution in [0.1, 0.15) is 59.3 Å². The van der Waals surface area contributed by atoms with Gasteiger partial charge in [-0.2, -0.15) is 5.10 Å². The first-order valence-corrected chi connectivity index (χ1v) is 8.81. The monoisotopic (exact) mass is 310 g/mol. The Morgan fingerprint density at radius 2 is 1.95 bits per heavy atom. The van der Waals surface area contributed by atoms with Crippen LogP contribution in [0.25, 0.3) is 0 Å². The summed E-state index contributed by atoms with van der Waals surface area (Å²) in [5.41, 5.74) is -0.0718. The maximum absolute atomic E-state index is 5.88. The maximum Gasteiger partial charge on any atom is 0.0892 e. The molecule has 1 atom stereocenters. The van der Waals surface area contributed by atoms with Gasteiger partial charge in [0.2, 0.25) is 0 Å². The normalized spacial score (nSPS) is 19.8. The Hall–Kier alpha value is -0.870. The smallest absolute Gasteiger partial charge is 0.0892 e.